The van der Waals surface area contributed by atoms with E-state index in [-0.39, 0.29) is 6.61 Å². The van der Waals surface area contributed by atoms with Gasteiger partial charge in [0.1, 0.15) is 12.6 Å². The minimum Gasteiger partial charge on any atom is -0.480 e. The zero-order valence-corrected chi connectivity index (χ0v) is 18.8. The first-order chi connectivity index (χ1) is 14.8. The van der Waals surface area contributed by atoms with Crippen LogP contribution in [-0.2, 0) is 30.0 Å². The number of carboxylic acids is 1. The molecule has 0 aliphatic carbocycles. The molecule has 170 valence electrons. The first-order valence-electron chi connectivity index (χ1n) is 10.5. The van der Waals surface area contributed by atoms with Crippen molar-refractivity contribution in [1.82, 2.24) is 10.2 Å². The number of benzene rings is 1. The molecule has 0 spiro atoms. The Balaban J connectivity index is 1.92. The fourth-order valence-corrected chi connectivity index (χ4v) is 4.48. The van der Waals surface area contributed by atoms with Crippen molar-refractivity contribution in [3.63, 3.8) is 0 Å². The van der Waals surface area contributed by atoms with Crippen molar-refractivity contribution in [2.45, 2.75) is 70.5 Å². The second kappa shape index (κ2) is 12.4. The Labute approximate surface area is 183 Å². The summed E-state index contributed by atoms with van der Waals surface area (Å²) in [4.78, 5) is 37.4. The van der Waals surface area contributed by atoms with Crippen molar-refractivity contribution in [2.24, 2.45) is 0 Å². The summed E-state index contributed by atoms with van der Waals surface area (Å²) >= 11 is 0. The van der Waals surface area contributed by atoms with Crippen molar-refractivity contribution in [2.75, 3.05) is 6.54 Å². The lowest BCUT2D eigenvalue weighted by Crippen LogP contribution is -2.45. The van der Waals surface area contributed by atoms with Gasteiger partial charge in [0.15, 0.2) is 6.10 Å². The van der Waals surface area contributed by atoms with Crippen LogP contribution in [-0.4, -0.2) is 52.4 Å². The fraction of sp³-hybridized carbons (Fsp3) is 0.571. The first kappa shape index (κ1) is 24.8. The van der Waals surface area contributed by atoms with Crippen LogP contribution in [0.4, 0.5) is 4.79 Å². The Morgan fingerprint density at radius 2 is 2.00 bits per heavy atom. The molecule has 10 heteroatoms. The van der Waals surface area contributed by atoms with Crippen molar-refractivity contribution >= 4 is 26.0 Å². The zero-order valence-electron chi connectivity index (χ0n) is 17.9. The number of amides is 2. The average molecular weight is 453 g/mol. The molecule has 1 saturated heterocycles. The number of unbranched alkanes of at least 4 members (excludes halogenated alkanes) is 1. The normalized spacial score (nSPS) is 18.2. The maximum Gasteiger partial charge on any atom is 0.534 e. The summed E-state index contributed by atoms with van der Waals surface area (Å²) in [5, 5.41) is 11.8. The van der Waals surface area contributed by atoms with E-state index in [1.807, 2.05) is 37.3 Å². The summed E-state index contributed by atoms with van der Waals surface area (Å²) in [7, 11) is -2.43. The van der Waals surface area contributed by atoms with Crippen LogP contribution in [0, 0.1) is 0 Å². The van der Waals surface area contributed by atoms with Crippen molar-refractivity contribution < 1.29 is 33.3 Å². The highest BCUT2D eigenvalue weighted by atomic mass is 31.1. The number of carbonyl (C=O) groups excluding carboxylic acids is 2. The van der Waals surface area contributed by atoms with Gasteiger partial charge in [0, 0.05) is 13.0 Å². The Morgan fingerprint density at radius 3 is 2.65 bits per heavy atom. The van der Waals surface area contributed by atoms with E-state index in [9.17, 15) is 24.1 Å². The molecular weight excluding hydrogens is 423 g/mol. The summed E-state index contributed by atoms with van der Waals surface area (Å²) in [6.45, 7) is 3.80. The van der Waals surface area contributed by atoms with Gasteiger partial charge in [-0.1, -0.05) is 43.7 Å². The minimum atomic E-state index is -2.43. The van der Waals surface area contributed by atoms with E-state index in [1.54, 1.807) is 0 Å². The van der Waals surface area contributed by atoms with Gasteiger partial charge in [0.05, 0.1) is 0 Å². The van der Waals surface area contributed by atoms with Gasteiger partial charge in [-0.05, 0) is 36.3 Å². The molecule has 1 heterocycles. The molecule has 9 nitrogen and oxygen atoms in total. The molecule has 0 radical (unpaired) electrons. The third-order valence-electron chi connectivity index (χ3n) is 5.01. The number of hydrogen-bond acceptors (Lipinski definition) is 6. The molecule has 2 amide bonds. The maximum atomic E-state index is 12.8. The lowest BCUT2D eigenvalue weighted by Gasteiger charge is -2.23. The predicted molar refractivity (Wildman–Crippen MR) is 114 cm³/mol. The summed E-state index contributed by atoms with van der Waals surface area (Å²) in [5.74, 6) is -2.40. The Morgan fingerprint density at radius 1 is 1.29 bits per heavy atom. The molecule has 4 atom stereocenters. The molecule has 0 aromatic heterocycles. The van der Waals surface area contributed by atoms with Crippen LogP contribution in [0.5, 0.6) is 0 Å². The van der Waals surface area contributed by atoms with Crippen LogP contribution in [0.1, 0.15) is 51.5 Å². The van der Waals surface area contributed by atoms with Gasteiger partial charge >= 0.3 is 20.1 Å². The van der Waals surface area contributed by atoms with E-state index >= 15 is 0 Å². The van der Waals surface area contributed by atoms with E-state index in [0.717, 1.165) is 12.0 Å². The highest BCUT2D eigenvalue weighted by molar-refractivity contribution is 7.40. The largest absolute Gasteiger partial charge is 0.534 e. The molecule has 0 saturated carbocycles. The number of ether oxygens (including phenoxy) is 1. The third kappa shape index (κ3) is 7.60. The van der Waals surface area contributed by atoms with Crippen LogP contribution in [0.25, 0.3) is 0 Å². The number of alkyl carbamates (subject to hydrolysis) is 1. The van der Waals surface area contributed by atoms with Gasteiger partial charge in [0.2, 0.25) is 0 Å². The Hall–Kier alpha value is -2.51. The molecule has 31 heavy (non-hydrogen) atoms. The van der Waals surface area contributed by atoms with Crippen LogP contribution < -0.4 is 5.32 Å². The Bertz CT molecular complexity index is 774. The maximum absolute atomic E-state index is 12.8. The van der Waals surface area contributed by atoms with Crippen LogP contribution >= 0.6 is 8.03 Å². The molecule has 2 unspecified atom stereocenters. The second-order valence-corrected chi connectivity index (χ2v) is 8.83. The van der Waals surface area contributed by atoms with E-state index in [0.29, 0.717) is 32.2 Å². The SMILES string of the molecule is CCCC[C@@H](NC(=O)OCc1ccccc1)[P+](=O)OC(C)C(=O)N1CCC[C@H]1C(=O)O. The second-order valence-electron chi connectivity index (χ2n) is 7.42. The summed E-state index contributed by atoms with van der Waals surface area (Å²) in [5.41, 5.74) is 0.821. The van der Waals surface area contributed by atoms with Crippen LogP contribution in [0.2, 0.25) is 0 Å². The monoisotopic (exact) mass is 453 g/mol. The predicted octanol–water partition coefficient (Wildman–Crippen LogP) is 3.65. The van der Waals surface area contributed by atoms with Crippen molar-refractivity contribution in [1.29, 1.82) is 0 Å². The number of likely N-dealkylation sites (tertiary alicyclic amines) is 1. The molecule has 1 aliphatic rings. The molecule has 2 rings (SSSR count). The molecule has 2 N–H and O–H groups in total. The zero-order chi connectivity index (χ0) is 22.8. The van der Waals surface area contributed by atoms with Gasteiger partial charge in [-0.15, -0.1) is 4.52 Å². The Kier molecular flexibility index (Phi) is 9.88. The van der Waals surface area contributed by atoms with E-state index < -0.39 is 43.9 Å². The van der Waals surface area contributed by atoms with Gasteiger partial charge < -0.3 is 14.7 Å². The summed E-state index contributed by atoms with van der Waals surface area (Å²) in [6, 6.07) is 8.27. The standard InChI is InChI=1S/C21H29N2O7P/c1-3-4-12-18(22-21(27)29-14-16-9-6-5-7-10-16)31(28)30-15(2)19(24)23-13-8-11-17(23)20(25)26/h5-7,9-10,15,17-18H,3-4,8,11-14H2,1-2H3,(H-,22,25,26,27)/p+1/t15?,17-,18-/m0/s1. The molecular formula is C21H30N2O7P+. The first-order valence-corrected chi connectivity index (χ1v) is 11.7. The number of hydrogen-bond donors (Lipinski definition) is 2. The minimum absolute atomic E-state index is 0.0746. The number of nitrogens with one attached hydrogen (secondary N) is 1. The van der Waals surface area contributed by atoms with Crippen molar-refractivity contribution in [3.05, 3.63) is 35.9 Å². The number of carboxylic acid groups (broad SMARTS) is 1. The highest BCUT2D eigenvalue weighted by Crippen LogP contribution is 2.34. The number of carbonyl (C=O) groups is 3. The van der Waals surface area contributed by atoms with E-state index in [1.165, 1.54) is 11.8 Å². The van der Waals surface area contributed by atoms with Gasteiger partial charge in [-0.2, -0.15) is 0 Å². The van der Waals surface area contributed by atoms with Crippen LogP contribution in [0.15, 0.2) is 30.3 Å². The summed E-state index contributed by atoms with van der Waals surface area (Å²) in [6.07, 6.45) is 1.08. The topological polar surface area (TPSA) is 122 Å². The van der Waals surface area contributed by atoms with E-state index in [2.05, 4.69) is 5.32 Å². The lowest BCUT2D eigenvalue weighted by atomic mass is 10.2. The van der Waals surface area contributed by atoms with Crippen LogP contribution in [0.3, 0.4) is 0 Å². The highest BCUT2D eigenvalue weighted by Gasteiger charge is 2.42. The smallest absolute Gasteiger partial charge is 0.480 e. The molecule has 1 aromatic rings. The van der Waals surface area contributed by atoms with Gasteiger partial charge in [-0.25, -0.2) is 9.59 Å². The average Bonchev–Trinajstić information content (AvgIpc) is 3.25. The molecule has 1 aliphatic heterocycles. The van der Waals surface area contributed by atoms with E-state index in [4.69, 9.17) is 9.26 Å². The fourth-order valence-electron chi connectivity index (χ4n) is 3.32. The number of aliphatic carboxylic acids is 1. The van der Waals surface area contributed by atoms with Gasteiger partial charge in [-0.3, -0.25) is 10.1 Å². The number of rotatable bonds is 11. The molecule has 1 aromatic carbocycles. The van der Waals surface area contributed by atoms with Gasteiger partial charge in [0.25, 0.3) is 11.7 Å². The molecule has 1 fully saturated rings. The molecule has 0 bridgehead atoms. The lowest BCUT2D eigenvalue weighted by molar-refractivity contribution is -0.150. The number of nitrogens with zero attached hydrogens (tertiary/aromatic N) is 1. The van der Waals surface area contributed by atoms with Crippen molar-refractivity contribution in [3.8, 4) is 0 Å². The quantitative estimate of drug-likeness (QED) is 0.490. The third-order valence-corrected chi connectivity index (χ3v) is 6.43. The summed E-state index contributed by atoms with van der Waals surface area (Å²) < 4.78 is 23.4.